The molecule has 1 N–H and O–H groups in total. The summed E-state index contributed by atoms with van der Waals surface area (Å²) in [7, 11) is 0. The number of amides is 2. The van der Waals surface area contributed by atoms with E-state index >= 15 is 0 Å². The van der Waals surface area contributed by atoms with Crippen LogP contribution in [0.1, 0.15) is 19.8 Å². The number of benzene rings is 2. The molecule has 0 radical (unpaired) electrons. The van der Waals surface area contributed by atoms with E-state index < -0.39 is 0 Å². The Bertz CT molecular complexity index is 739. The van der Waals surface area contributed by atoms with Crippen LogP contribution in [0.3, 0.4) is 0 Å². The van der Waals surface area contributed by atoms with Crippen molar-refractivity contribution in [3.63, 3.8) is 0 Å². The van der Waals surface area contributed by atoms with Gasteiger partial charge in [0.1, 0.15) is 0 Å². The fourth-order valence-corrected chi connectivity index (χ4v) is 3.14. The van der Waals surface area contributed by atoms with Gasteiger partial charge in [-0.05, 0) is 31.2 Å². The third-order valence-corrected chi connectivity index (χ3v) is 4.36. The first-order valence-electron chi connectivity index (χ1n) is 8.39. The monoisotopic (exact) mass is 326 g/mol. The smallest absolute Gasteiger partial charge is 0.321 e. The molecule has 1 aliphatic rings. The largest absolute Gasteiger partial charge is 0.466 e. The number of carbonyl (C=O) groups excluding carboxylic acids is 2. The number of urea groups is 1. The molecule has 1 fully saturated rings. The predicted molar refractivity (Wildman–Crippen MR) is 93.9 cm³/mol. The average Bonchev–Trinajstić information content (AvgIpc) is 2.62. The van der Waals surface area contributed by atoms with E-state index in [0.29, 0.717) is 19.7 Å². The second kappa shape index (κ2) is 7.34. The number of carbonyl (C=O) groups is 2. The number of hydrogen-bond acceptors (Lipinski definition) is 3. The van der Waals surface area contributed by atoms with Gasteiger partial charge in [-0.1, -0.05) is 36.4 Å². The van der Waals surface area contributed by atoms with Gasteiger partial charge in [-0.3, -0.25) is 4.79 Å². The van der Waals surface area contributed by atoms with E-state index in [9.17, 15) is 9.59 Å². The Morgan fingerprint density at radius 3 is 2.83 bits per heavy atom. The summed E-state index contributed by atoms with van der Waals surface area (Å²) >= 11 is 0. The van der Waals surface area contributed by atoms with E-state index in [0.717, 1.165) is 29.3 Å². The number of nitrogens with one attached hydrogen (secondary N) is 1. The number of piperidine rings is 1. The second-order valence-corrected chi connectivity index (χ2v) is 5.99. The molecule has 1 unspecified atom stereocenters. The SMILES string of the molecule is CCOC(=O)C1CCCN(C(=O)Nc2cccc3ccccc23)C1. The number of esters is 1. The molecule has 1 atom stereocenters. The van der Waals surface area contributed by atoms with E-state index in [1.807, 2.05) is 42.5 Å². The van der Waals surface area contributed by atoms with Gasteiger partial charge in [-0.25, -0.2) is 4.79 Å². The van der Waals surface area contributed by atoms with Crippen molar-refractivity contribution in [1.29, 1.82) is 0 Å². The molecule has 3 rings (SSSR count). The molecule has 1 aliphatic heterocycles. The van der Waals surface area contributed by atoms with Gasteiger partial charge in [0.2, 0.25) is 0 Å². The molecular weight excluding hydrogens is 304 g/mol. The lowest BCUT2D eigenvalue weighted by Gasteiger charge is -2.31. The van der Waals surface area contributed by atoms with Crippen LogP contribution in [0.15, 0.2) is 42.5 Å². The van der Waals surface area contributed by atoms with Gasteiger partial charge >= 0.3 is 12.0 Å². The number of nitrogens with zero attached hydrogens (tertiary/aromatic N) is 1. The van der Waals surface area contributed by atoms with Crippen LogP contribution < -0.4 is 5.32 Å². The molecule has 0 spiro atoms. The van der Waals surface area contributed by atoms with Crippen molar-refractivity contribution < 1.29 is 14.3 Å². The van der Waals surface area contributed by atoms with E-state index in [1.165, 1.54) is 0 Å². The maximum atomic E-state index is 12.6. The Morgan fingerprint density at radius 1 is 1.21 bits per heavy atom. The normalized spacial score (nSPS) is 17.5. The fourth-order valence-electron chi connectivity index (χ4n) is 3.14. The molecular formula is C19H22N2O3. The second-order valence-electron chi connectivity index (χ2n) is 5.99. The van der Waals surface area contributed by atoms with Gasteiger partial charge in [-0.15, -0.1) is 0 Å². The quantitative estimate of drug-likeness (QED) is 0.876. The number of likely N-dealkylation sites (tertiary alicyclic amines) is 1. The third kappa shape index (κ3) is 3.50. The van der Waals surface area contributed by atoms with Gasteiger partial charge in [0, 0.05) is 18.5 Å². The lowest BCUT2D eigenvalue weighted by molar-refractivity contribution is -0.149. The number of fused-ring (bicyclic) bond motifs is 1. The molecule has 2 amide bonds. The highest BCUT2D eigenvalue weighted by molar-refractivity contribution is 6.01. The molecule has 0 saturated carbocycles. The fraction of sp³-hybridized carbons (Fsp3) is 0.368. The first-order chi connectivity index (χ1) is 11.7. The van der Waals surface area contributed by atoms with Crippen LogP contribution >= 0.6 is 0 Å². The van der Waals surface area contributed by atoms with Crippen molar-refractivity contribution in [3.8, 4) is 0 Å². The van der Waals surface area contributed by atoms with Crippen molar-refractivity contribution in [3.05, 3.63) is 42.5 Å². The highest BCUT2D eigenvalue weighted by Crippen LogP contribution is 2.24. The number of ether oxygens (including phenoxy) is 1. The zero-order valence-electron chi connectivity index (χ0n) is 13.8. The maximum absolute atomic E-state index is 12.6. The molecule has 0 aromatic heterocycles. The Labute approximate surface area is 141 Å². The molecule has 24 heavy (non-hydrogen) atoms. The minimum absolute atomic E-state index is 0.166. The van der Waals surface area contributed by atoms with Crippen LogP contribution in [0.2, 0.25) is 0 Å². The maximum Gasteiger partial charge on any atom is 0.321 e. The summed E-state index contributed by atoms with van der Waals surface area (Å²) in [5.74, 6) is -0.433. The molecule has 1 saturated heterocycles. The van der Waals surface area contributed by atoms with Gasteiger partial charge in [0.15, 0.2) is 0 Å². The van der Waals surface area contributed by atoms with Gasteiger partial charge < -0.3 is 15.0 Å². The lowest BCUT2D eigenvalue weighted by Crippen LogP contribution is -2.44. The van der Waals surface area contributed by atoms with Crippen LogP contribution in [0.25, 0.3) is 10.8 Å². The molecule has 5 nitrogen and oxygen atoms in total. The van der Waals surface area contributed by atoms with Gasteiger partial charge in [0.25, 0.3) is 0 Å². The number of anilines is 1. The summed E-state index contributed by atoms with van der Waals surface area (Å²) in [6.07, 6.45) is 1.59. The van der Waals surface area contributed by atoms with E-state index in [2.05, 4.69) is 5.32 Å². The first kappa shape index (κ1) is 16.3. The van der Waals surface area contributed by atoms with Crippen molar-refractivity contribution >= 4 is 28.5 Å². The van der Waals surface area contributed by atoms with Gasteiger partial charge in [0.05, 0.1) is 18.2 Å². The molecule has 2 aromatic rings. The van der Waals surface area contributed by atoms with Crippen LogP contribution in [0.5, 0.6) is 0 Å². The van der Waals surface area contributed by atoms with Gasteiger partial charge in [-0.2, -0.15) is 0 Å². The molecule has 5 heteroatoms. The summed E-state index contributed by atoms with van der Waals surface area (Å²) in [5, 5.41) is 5.07. The number of rotatable bonds is 3. The minimum atomic E-state index is -0.225. The van der Waals surface area contributed by atoms with Crippen molar-refractivity contribution in [2.45, 2.75) is 19.8 Å². The highest BCUT2D eigenvalue weighted by Gasteiger charge is 2.29. The Hall–Kier alpha value is -2.56. The topological polar surface area (TPSA) is 58.6 Å². The first-order valence-corrected chi connectivity index (χ1v) is 8.39. The Morgan fingerprint density at radius 2 is 2.00 bits per heavy atom. The Balaban J connectivity index is 1.71. The molecule has 126 valence electrons. The van der Waals surface area contributed by atoms with Crippen LogP contribution in [-0.2, 0) is 9.53 Å². The van der Waals surface area contributed by atoms with E-state index in [4.69, 9.17) is 4.74 Å². The van der Waals surface area contributed by atoms with Crippen LogP contribution in [0.4, 0.5) is 10.5 Å². The number of hydrogen-bond donors (Lipinski definition) is 1. The molecule has 1 heterocycles. The lowest BCUT2D eigenvalue weighted by atomic mass is 9.98. The minimum Gasteiger partial charge on any atom is -0.466 e. The standard InChI is InChI=1S/C19H22N2O3/c1-2-24-18(22)15-9-6-12-21(13-15)19(23)20-17-11-5-8-14-7-3-4-10-16(14)17/h3-5,7-8,10-11,15H,2,6,9,12-13H2,1H3,(H,20,23). The highest BCUT2D eigenvalue weighted by atomic mass is 16.5. The average molecular weight is 326 g/mol. The zero-order chi connectivity index (χ0) is 16.9. The van der Waals surface area contributed by atoms with Crippen molar-refractivity contribution in [2.75, 3.05) is 25.0 Å². The summed E-state index contributed by atoms with van der Waals surface area (Å²) < 4.78 is 5.09. The molecule has 0 aliphatic carbocycles. The summed E-state index contributed by atoms with van der Waals surface area (Å²) in [6.45, 7) is 3.24. The van der Waals surface area contributed by atoms with Crippen LogP contribution in [-0.4, -0.2) is 36.6 Å². The summed E-state index contributed by atoms with van der Waals surface area (Å²) in [6, 6.07) is 13.6. The summed E-state index contributed by atoms with van der Waals surface area (Å²) in [5.41, 5.74) is 0.788. The van der Waals surface area contributed by atoms with E-state index in [1.54, 1.807) is 11.8 Å². The zero-order valence-corrected chi connectivity index (χ0v) is 13.8. The van der Waals surface area contributed by atoms with Crippen LogP contribution in [0, 0.1) is 5.92 Å². The van der Waals surface area contributed by atoms with E-state index in [-0.39, 0.29) is 17.9 Å². The molecule has 2 aromatic carbocycles. The summed E-state index contributed by atoms with van der Waals surface area (Å²) in [4.78, 5) is 26.2. The predicted octanol–water partition coefficient (Wildman–Crippen LogP) is 3.65. The van der Waals surface area contributed by atoms with Crippen molar-refractivity contribution in [1.82, 2.24) is 4.90 Å². The Kier molecular flexibility index (Phi) is 4.99. The molecule has 0 bridgehead atoms. The third-order valence-electron chi connectivity index (χ3n) is 4.36. The van der Waals surface area contributed by atoms with Crippen molar-refractivity contribution in [2.24, 2.45) is 5.92 Å².